The Balaban J connectivity index is 2.60. The van der Waals surface area contributed by atoms with Gasteiger partial charge >= 0.3 is 6.18 Å². The van der Waals surface area contributed by atoms with Gasteiger partial charge in [0.05, 0.1) is 5.01 Å². The van der Waals surface area contributed by atoms with Crippen LogP contribution in [-0.2, 0) is 6.42 Å². The summed E-state index contributed by atoms with van der Waals surface area (Å²) in [4.78, 5) is 3.90. The number of nitrogens with two attached hydrogens (primary N) is 1. The maximum absolute atomic E-state index is 12.0. The Bertz CT molecular complexity index is 282. The number of alkyl halides is 3. The van der Waals surface area contributed by atoms with Gasteiger partial charge in [-0.1, -0.05) is 0 Å². The summed E-state index contributed by atoms with van der Waals surface area (Å²) < 4.78 is 36.0. The van der Waals surface area contributed by atoms with E-state index in [0.717, 1.165) is 5.69 Å². The molecule has 2 N–H and O–H groups in total. The van der Waals surface area contributed by atoms with E-state index in [4.69, 9.17) is 5.73 Å². The molecule has 1 aromatic rings. The van der Waals surface area contributed by atoms with Crippen molar-refractivity contribution in [2.45, 2.75) is 25.6 Å². The third-order valence-corrected chi connectivity index (χ3v) is 2.47. The Morgan fingerprint density at radius 3 is 2.62 bits per heavy atom. The maximum Gasteiger partial charge on any atom is 0.404 e. The molecule has 0 spiro atoms. The molecule has 13 heavy (non-hydrogen) atoms. The highest BCUT2D eigenvalue weighted by Crippen LogP contribution is 2.22. The SMILES string of the molecule is Cc1csc(CC(N)C(F)(F)F)n1. The van der Waals surface area contributed by atoms with E-state index in [-0.39, 0.29) is 6.42 Å². The molecule has 0 amide bonds. The molecule has 6 heteroatoms. The van der Waals surface area contributed by atoms with Crippen LogP contribution in [0, 0.1) is 6.92 Å². The van der Waals surface area contributed by atoms with Gasteiger partial charge in [-0.3, -0.25) is 0 Å². The zero-order valence-electron chi connectivity index (χ0n) is 6.93. The Hall–Kier alpha value is -0.620. The van der Waals surface area contributed by atoms with Crippen molar-refractivity contribution in [3.05, 3.63) is 16.1 Å². The van der Waals surface area contributed by atoms with Crippen LogP contribution in [0.2, 0.25) is 0 Å². The average Bonchev–Trinajstić information content (AvgIpc) is 2.33. The maximum atomic E-state index is 12.0. The van der Waals surface area contributed by atoms with Gasteiger partial charge < -0.3 is 5.73 Å². The van der Waals surface area contributed by atoms with Crippen molar-refractivity contribution in [3.63, 3.8) is 0 Å². The summed E-state index contributed by atoms with van der Waals surface area (Å²) in [5, 5.41) is 2.14. The van der Waals surface area contributed by atoms with Crippen molar-refractivity contribution in [1.29, 1.82) is 0 Å². The minimum atomic E-state index is -4.33. The normalized spacial score (nSPS) is 14.5. The molecule has 0 aromatic carbocycles. The molecule has 1 atom stereocenters. The van der Waals surface area contributed by atoms with Crippen LogP contribution in [0.5, 0.6) is 0 Å². The van der Waals surface area contributed by atoms with Crippen LogP contribution in [0.4, 0.5) is 13.2 Å². The van der Waals surface area contributed by atoms with Gasteiger partial charge in [-0.05, 0) is 6.92 Å². The van der Waals surface area contributed by atoms with Gasteiger partial charge in [-0.2, -0.15) is 13.2 Å². The molecule has 2 nitrogen and oxygen atoms in total. The first-order chi connectivity index (χ1) is 5.89. The van der Waals surface area contributed by atoms with Gasteiger partial charge in [0, 0.05) is 17.5 Å². The lowest BCUT2D eigenvalue weighted by Crippen LogP contribution is -2.39. The van der Waals surface area contributed by atoms with E-state index in [9.17, 15) is 13.2 Å². The molecule has 0 saturated heterocycles. The van der Waals surface area contributed by atoms with E-state index in [1.807, 2.05) is 0 Å². The quantitative estimate of drug-likeness (QED) is 0.809. The first-order valence-corrected chi connectivity index (χ1v) is 4.51. The smallest absolute Gasteiger partial charge is 0.320 e. The number of aryl methyl sites for hydroxylation is 1. The van der Waals surface area contributed by atoms with Crippen molar-refractivity contribution < 1.29 is 13.2 Å². The molecule has 0 aliphatic heterocycles. The van der Waals surface area contributed by atoms with Gasteiger partial charge in [0.2, 0.25) is 0 Å². The van der Waals surface area contributed by atoms with Crippen LogP contribution in [0.3, 0.4) is 0 Å². The average molecular weight is 210 g/mol. The lowest BCUT2D eigenvalue weighted by molar-refractivity contribution is -0.147. The second kappa shape index (κ2) is 3.63. The summed E-state index contributed by atoms with van der Waals surface area (Å²) in [6, 6.07) is -1.81. The van der Waals surface area contributed by atoms with Crippen LogP contribution >= 0.6 is 11.3 Å². The Labute approximate surface area is 77.6 Å². The molecule has 1 aromatic heterocycles. The molecule has 0 aliphatic rings. The number of hydrogen-bond acceptors (Lipinski definition) is 3. The zero-order valence-corrected chi connectivity index (χ0v) is 7.75. The minimum Gasteiger partial charge on any atom is -0.320 e. The molecule has 0 aliphatic carbocycles. The predicted octanol–water partition coefficient (Wildman–Crippen LogP) is 1.88. The molecule has 0 fully saturated rings. The number of aromatic nitrogens is 1. The van der Waals surface area contributed by atoms with Gasteiger partial charge in [0.1, 0.15) is 6.04 Å². The predicted molar refractivity (Wildman–Crippen MR) is 44.6 cm³/mol. The highest BCUT2D eigenvalue weighted by Gasteiger charge is 2.37. The molecule has 1 rings (SSSR count). The number of thiazole rings is 1. The molecule has 0 radical (unpaired) electrons. The van der Waals surface area contributed by atoms with E-state index in [1.54, 1.807) is 12.3 Å². The summed E-state index contributed by atoms with van der Waals surface area (Å²) in [5.74, 6) is 0. The van der Waals surface area contributed by atoms with Crippen LogP contribution in [0.15, 0.2) is 5.38 Å². The third-order valence-electron chi connectivity index (χ3n) is 1.48. The van der Waals surface area contributed by atoms with Crippen molar-refractivity contribution in [3.8, 4) is 0 Å². The largest absolute Gasteiger partial charge is 0.404 e. The lowest BCUT2D eigenvalue weighted by atomic mass is 10.2. The number of nitrogens with zero attached hydrogens (tertiary/aromatic N) is 1. The van der Waals surface area contributed by atoms with E-state index in [0.29, 0.717) is 5.01 Å². The van der Waals surface area contributed by atoms with Crippen molar-refractivity contribution >= 4 is 11.3 Å². The minimum absolute atomic E-state index is 0.234. The lowest BCUT2D eigenvalue weighted by Gasteiger charge is -2.13. The topological polar surface area (TPSA) is 38.9 Å². The fourth-order valence-corrected chi connectivity index (χ4v) is 1.63. The van der Waals surface area contributed by atoms with Crippen molar-refractivity contribution in [2.24, 2.45) is 5.73 Å². The number of hydrogen-bond donors (Lipinski definition) is 1. The Morgan fingerprint density at radius 1 is 1.62 bits per heavy atom. The molecule has 0 saturated carbocycles. The first-order valence-electron chi connectivity index (χ1n) is 3.63. The summed E-state index contributed by atoms with van der Waals surface area (Å²) in [7, 11) is 0. The van der Waals surface area contributed by atoms with Crippen LogP contribution in [0.1, 0.15) is 10.7 Å². The van der Waals surface area contributed by atoms with Crippen LogP contribution < -0.4 is 5.73 Å². The molecule has 1 heterocycles. The summed E-state index contributed by atoms with van der Waals surface area (Å²) in [6.07, 6.45) is -4.57. The second-order valence-corrected chi connectivity index (χ2v) is 3.68. The summed E-state index contributed by atoms with van der Waals surface area (Å²) in [5.41, 5.74) is 5.66. The van der Waals surface area contributed by atoms with Crippen LogP contribution in [-0.4, -0.2) is 17.2 Å². The molecular formula is C7H9F3N2S. The summed E-state index contributed by atoms with van der Waals surface area (Å²) in [6.45, 7) is 1.74. The number of rotatable bonds is 2. The standard InChI is InChI=1S/C7H9F3N2S/c1-4-3-13-6(12-4)2-5(11)7(8,9)10/h3,5H,2,11H2,1H3. The van der Waals surface area contributed by atoms with E-state index in [1.165, 1.54) is 11.3 Å². The van der Waals surface area contributed by atoms with Crippen LogP contribution in [0.25, 0.3) is 0 Å². The zero-order chi connectivity index (χ0) is 10.1. The number of halogens is 3. The monoisotopic (exact) mass is 210 g/mol. The first kappa shape index (κ1) is 10.5. The molecular weight excluding hydrogens is 201 g/mol. The third kappa shape index (κ3) is 2.96. The van der Waals surface area contributed by atoms with Crippen molar-refractivity contribution in [1.82, 2.24) is 4.98 Å². The highest BCUT2D eigenvalue weighted by molar-refractivity contribution is 7.09. The Kier molecular flexibility index (Phi) is 2.92. The van der Waals surface area contributed by atoms with Gasteiger partial charge in [-0.15, -0.1) is 11.3 Å². The Morgan fingerprint density at radius 2 is 2.23 bits per heavy atom. The molecule has 1 unspecified atom stereocenters. The highest BCUT2D eigenvalue weighted by atomic mass is 32.1. The molecule has 0 bridgehead atoms. The molecule has 74 valence electrons. The fourth-order valence-electron chi connectivity index (χ4n) is 0.800. The van der Waals surface area contributed by atoms with Gasteiger partial charge in [0.15, 0.2) is 0 Å². The summed E-state index contributed by atoms with van der Waals surface area (Å²) >= 11 is 1.20. The fraction of sp³-hybridized carbons (Fsp3) is 0.571. The second-order valence-electron chi connectivity index (χ2n) is 2.73. The van der Waals surface area contributed by atoms with E-state index >= 15 is 0 Å². The van der Waals surface area contributed by atoms with E-state index < -0.39 is 12.2 Å². The van der Waals surface area contributed by atoms with Gasteiger partial charge in [0.25, 0.3) is 0 Å². The van der Waals surface area contributed by atoms with E-state index in [2.05, 4.69) is 4.98 Å². The van der Waals surface area contributed by atoms with Crippen molar-refractivity contribution in [2.75, 3.05) is 0 Å². The van der Waals surface area contributed by atoms with Gasteiger partial charge in [-0.25, -0.2) is 4.98 Å².